The van der Waals surface area contributed by atoms with Crippen molar-refractivity contribution in [3.63, 3.8) is 0 Å². The van der Waals surface area contributed by atoms with E-state index in [1.807, 2.05) is 12.1 Å². The Bertz CT molecular complexity index is 436. The summed E-state index contributed by atoms with van der Waals surface area (Å²) in [7, 11) is 0. The number of carbonyl (C=O) groups is 1. The van der Waals surface area contributed by atoms with Gasteiger partial charge in [0.15, 0.2) is 0 Å². The van der Waals surface area contributed by atoms with Crippen molar-refractivity contribution >= 4 is 5.91 Å². The summed E-state index contributed by atoms with van der Waals surface area (Å²) in [5, 5.41) is 3.23. The monoisotopic (exact) mass is 276 g/mol. The Morgan fingerprint density at radius 1 is 1.35 bits per heavy atom. The first-order chi connectivity index (χ1) is 9.58. The lowest BCUT2D eigenvalue weighted by molar-refractivity contribution is -0.120. The van der Waals surface area contributed by atoms with E-state index in [1.54, 1.807) is 0 Å². The number of nitrogens with one attached hydrogen (secondary N) is 1. The van der Waals surface area contributed by atoms with E-state index in [-0.39, 0.29) is 12.0 Å². The van der Waals surface area contributed by atoms with E-state index in [2.05, 4.69) is 31.3 Å². The van der Waals surface area contributed by atoms with Crippen LogP contribution in [-0.2, 0) is 9.53 Å². The quantitative estimate of drug-likeness (QED) is 0.836. The van der Waals surface area contributed by atoms with Crippen LogP contribution >= 0.6 is 0 Å². The van der Waals surface area contributed by atoms with Gasteiger partial charge in [-0.15, -0.1) is 0 Å². The molecule has 1 aliphatic rings. The summed E-state index contributed by atoms with van der Waals surface area (Å²) in [6.07, 6.45) is 2.34. The molecular weight excluding hydrogens is 252 g/mol. The largest absolute Gasteiger partial charge is 0.377 e. The summed E-state index contributed by atoms with van der Waals surface area (Å²) in [4.78, 5) is 11.6. The average molecular weight is 276 g/mol. The number of nitrogens with two attached hydrogens (primary N) is 1. The predicted molar refractivity (Wildman–Crippen MR) is 79.4 cm³/mol. The third-order valence-corrected chi connectivity index (χ3v) is 3.79. The minimum Gasteiger partial charge on any atom is -0.377 e. The van der Waals surface area contributed by atoms with Crippen LogP contribution in [0.25, 0.3) is 0 Å². The van der Waals surface area contributed by atoms with Gasteiger partial charge in [-0.3, -0.25) is 10.1 Å². The molecular formula is C16H24N2O2. The van der Waals surface area contributed by atoms with Crippen molar-refractivity contribution in [2.24, 2.45) is 5.73 Å². The SMILES string of the molecule is CC(C)c1ccc(C(NCC2CCCO2)C(N)=O)cc1. The lowest BCUT2D eigenvalue weighted by Crippen LogP contribution is -2.37. The third kappa shape index (κ3) is 3.81. The van der Waals surface area contributed by atoms with E-state index in [4.69, 9.17) is 10.5 Å². The van der Waals surface area contributed by atoms with Gasteiger partial charge in [-0.2, -0.15) is 0 Å². The summed E-state index contributed by atoms with van der Waals surface area (Å²) in [5.74, 6) is 0.135. The van der Waals surface area contributed by atoms with Crippen molar-refractivity contribution in [1.82, 2.24) is 5.32 Å². The Morgan fingerprint density at radius 3 is 2.50 bits per heavy atom. The van der Waals surface area contributed by atoms with Gasteiger partial charge >= 0.3 is 0 Å². The first-order valence-corrected chi connectivity index (χ1v) is 7.32. The molecule has 0 bridgehead atoms. The molecule has 1 fully saturated rings. The Morgan fingerprint density at radius 2 is 2.00 bits per heavy atom. The fourth-order valence-corrected chi connectivity index (χ4v) is 2.51. The second-order valence-electron chi connectivity index (χ2n) is 5.70. The molecule has 1 aromatic rings. The molecule has 1 aliphatic heterocycles. The summed E-state index contributed by atoms with van der Waals surface area (Å²) in [5.41, 5.74) is 7.69. The van der Waals surface area contributed by atoms with Crippen LogP contribution in [0.4, 0.5) is 0 Å². The molecule has 4 heteroatoms. The number of amides is 1. The Labute approximate surface area is 120 Å². The van der Waals surface area contributed by atoms with E-state index < -0.39 is 6.04 Å². The molecule has 110 valence electrons. The van der Waals surface area contributed by atoms with Crippen molar-refractivity contribution in [1.29, 1.82) is 0 Å². The second-order valence-corrected chi connectivity index (χ2v) is 5.70. The number of hydrogen-bond donors (Lipinski definition) is 2. The number of hydrogen-bond acceptors (Lipinski definition) is 3. The van der Waals surface area contributed by atoms with Crippen LogP contribution in [0.2, 0.25) is 0 Å². The summed E-state index contributed by atoms with van der Waals surface area (Å²) in [6.45, 7) is 5.78. The number of rotatable bonds is 6. The summed E-state index contributed by atoms with van der Waals surface area (Å²) >= 11 is 0. The van der Waals surface area contributed by atoms with Gasteiger partial charge in [0.2, 0.25) is 5.91 Å². The molecule has 20 heavy (non-hydrogen) atoms. The topological polar surface area (TPSA) is 64.3 Å². The molecule has 2 unspecified atom stereocenters. The molecule has 1 amide bonds. The van der Waals surface area contributed by atoms with E-state index in [0.717, 1.165) is 25.0 Å². The van der Waals surface area contributed by atoms with Gasteiger partial charge in [-0.05, 0) is 29.9 Å². The number of benzene rings is 1. The van der Waals surface area contributed by atoms with Gasteiger partial charge in [0.1, 0.15) is 6.04 Å². The van der Waals surface area contributed by atoms with E-state index in [1.165, 1.54) is 5.56 Å². The highest BCUT2D eigenvalue weighted by Crippen LogP contribution is 2.19. The van der Waals surface area contributed by atoms with Gasteiger partial charge in [0.05, 0.1) is 6.10 Å². The number of ether oxygens (including phenoxy) is 1. The Kier molecular flexibility index (Phi) is 5.15. The van der Waals surface area contributed by atoms with Crippen LogP contribution in [-0.4, -0.2) is 25.2 Å². The molecule has 1 heterocycles. The molecule has 0 spiro atoms. The Balaban J connectivity index is 2.01. The molecule has 2 atom stereocenters. The van der Waals surface area contributed by atoms with Crippen molar-refractivity contribution in [2.45, 2.75) is 44.8 Å². The summed E-state index contributed by atoms with van der Waals surface area (Å²) in [6, 6.07) is 7.63. The molecule has 4 nitrogen and oxygen atoms in total. The third-order valence-electron chi connectivity index (χ3n) is 3.79. The standard InChI is InChI=1S/C16H24N2O2/c1-11(2)12-5-7-13(8-6-12)15(16(17)19)18-10-14-4-3-9-20-14/h5-8,11,14-15,18H,3-4,9-10H2,1-2H3,(H2,17,19). The maximum atomic E-state index is 11.6. The van der Waals surface area contributed by atoms with Crippen LogP contribution in [0.5, 0.6) is 0 Å². The van der Waals surface area contributed by atoms with Gasteiger partial charge < -0.3 is 10.5 Å². The average Bonchev–Trinajstić information content (AvgIpc) is 2.92. The van der Waals surface area contributed by atoms with Gasteiger partial charge in [-0.1, -0.05) is 38.1 Å². The maximum absolute atomic E-state index is 11.6. The van der Waals surface area contributed by atoms with Crippen LogP contribution < -0.4 is 11.1 Å². The van der Waals surface area contributed by atoms with Crippen LogP contribution in [0, 0.1) is 0 Å². The molecule has 0 aliphatic carbocycles. The van der Waals surface area contributed by atoms with Crippen LogP contribution in [0.3, 0.4) is 0 Å². The van der Waals surface area contributed by atoms with Gasteiger partial charge in [0, 0.05) is 13.2 Å². The van der Waals surface area contributed by atoms with Crippen LogP contribution in [0.15, 0.2) is 24.3 Å². The van der Waals surface area contributed by atoms with Gasteiger partial charge in [-0.25, -0.2) is 0 Å². The maximum Gasteiger partial charge on any atom is 0.239 e. The highest BCUT2D eigenvalue weighted by atomic mass is 16.5. The second kappa shape index (κ2) is 6.86. The van der Waals surface area contributed by atoms with Gasteiger partial charge in [0.25, 0.3) is 0 Å². The van der Waals surface area contributed by atoms with E-state index in [9.17, 15) is 4.79 Å². The lowest BCUT2D eigenvalue weighted by Gasteiger charge is -2.19. The molecule has 1 aromatic carbocycles. The molecule has 0 radical (unpaired) electrons. The fourth-order valence-electron chi connectivity index (χ4n) is 2.51. The van der Waals surface area contributed by atoms with Crippen molar-refractivity contribution in [3.8, 4) is 0 Å². The highest BCUT2D eigenvalue weighted by Gasteiger charge is 2.21. The van der Waals surface area contributed by atoms with E-state index in [0.29, 0.717) is 12.5 Å². The van der Waals surface area contributed by atoms with Crippen molar-refractivity contribution in [3.05, 3.63) is 35.4 Å². The highest BCUT2D eigenvalue weighted by molar-refractivity contribution is 5.81. The first kappa shape index (κ1) is 15.0. The minimum atomic E-state index is -0.444. The number of primary amides is 1. The van der Waals surface area contributed by atoms with E-state index >= 15 is 0 Å². The van der Waals surface area contributed by atoms with Crippen molar-refractivity contribution in [2.75, 3.05) is 13.2 Å². The fraction of sp³-hybridized carbons (Fsp3) is 0.562. The first-order valence-electron chi connectivity index (χ1n) is 7.32. The molecule has 2 rings (SSSR count). The number of carbonyl (C=O) groups excluding carboxylic acids is 1. The zero-order valence-electron chi connectivity index (χ0n) is 12.3. The molecule has 0 aromatic heterocycles. The summed E-state index contributed by atoms with van der Waals surface area (Å²) < 4.78 is 5.55. The smallest absolute Gasteiger partial charge is 0.239 e. The predicted octanol–water partition coefficient (Wildman–Crippen LogP) is 2.10. The van der Waals surface area contributed by atoms with Crippen LogP contribution in [0.1, 0.15) is 49.8 Å². The van der Waals surface area contributed by atoms with Crippen molar-refractivity contribution < 1.29 is 9.53 Å². The minimum absolute atomic E-state index is 0.201. The Hall–Kier alpha value is -1.39. The molecule has 3 N–H and O–H groups in total. The lowest BCUT2D eigenvalue weighted by atomic mass is 9.98. The molecule has 0 saturated carbocycles. The molecule has 1 saturated heterocycles. The zero-order valence-corrected chi connectivity index (χ0v) is 12.3. The normalized spacial score (nSPS) is 20.2. The zero-order chi connectivity index (χ0) is 14.5.